The maximum atomic E-state index is 9.27. The lowest BCUT2D eigenvalue weighted by atomic mass is 10.1. The van der Waals surface area contributed by atoms with Gasteiger partial charge in [-0.05, 0) is 33.6 Å². The van der Waals surface area contributed by atoms with Crippen molar-refractivity contribution in [1.82, 2.24) is 15.3 Å². The van der Waals surface area contributed by atoms with Crippen LogP contribution >= 0.6 is 0 Å². The molecule has 4 heteroatoms. The third-order valence-corrected chi connectivity index (χ3v) is 3.28. The minimum absolute atomic E-state index is 0.0449. The van der Waals surface area contributed by atoms with Gasteiger partial charge in [-0.2, -0.15) is 0 Å². The highest BCUT2D eigenvalue weighted by atomic mass is 16.3. The third kappa shape index (κ3) is 2.23. The first-order valence-corrected chi connectivity index (χ1v) is 5.75. The lowest BCUT2D eigenvalue weighted by Crippen LogP contribution is -2.37. The van der Waals surface area contributed by atoms with Crippen LogP contribution in [0.25, 0.3) is 0 Å². The highest BCUT2D eigenvalue weighted by Gasteiger charge is 2.42. The summed E-state index contributed by atoms with van der Waals surface area (Å²) in [7, 11) is 0. The van der Waals surface area contributed by atoms with Crippen molar-refractivity contribution in [2.24, 2.45) is 0 Å². The summed E-state index contributed by atoms with van der Waals surface area (Å²) in [6, 6.07) is 0.190. The van der Waals surface area contributed by atoms with Crippen LogP contribution in [0.5, 0.6) is 0 Å². The smallest absolute Gasteiger partial charge is 0.125 e. The van der Waals surface area contributed by atoms with Gasteiger partial charge >= 0.3 is 0 Å². The predicted octanol–water partition coefficient (Wildman–Crippen LogP) is 1.27. The second-order valence-electron chi connectivity index (χ2n) is 4.76. The molecule has 1 aliphatic rings. The van der Waals surface area contributed by atoms with E-state index in [1.54, 1.807) is 0 Å². The number of hydrogen-bond acceptors (Lipinski definition) is 4. The van der Waals surface area contributed by atoms with Gasteiger partial charge in [-0.1, -0.05) is 0 Å². The van der Waals surface area contributed by atoms with E-state index < -0.39 is 0 Å². The zero-order valence-electron chi connectivity index (χ0n) is 10.1. The van der Waals surface area contributed by atoms with E-state index in [1.165, 1.54) is 0 Å². The molecule has 2 N–H and O–H groups in total. The average Bonchev–Trinajstić information content (AvgIpc) is 2.98. The van der Waals surface area contributed by atoms with Crippen LogP contribution in [-0.4, -0.2) is 27.2 Å². The zero-order chi connectivity index (χ0) is 11.8. The van der Waals surface area contributed by atoms with Gasteiger partial charge in [-0.25, -0.2) is 9.97 Å². The van der Waals surface area contributed by atoms with E-state index >= 15 is 0 Å². The summed E-state index contributed by atoms with van der Waals surface area (Å²) >= 11 is 0. The van der Waals surface area contributed by atoms with E-state index in [2.05, 4.69) is 22.2 Å². The van der Waals surface area contributed by atoms with Crippen LogP contribution in [0.2, 0.25) is 0 Å². The van der Waals surface area contributed by atoms with Crippen LogP contribution in [0.4, 0.5) is 0 Å². The van der Waals surface area contributed by atoms with E-state index in [0.717, 1.165) is 29.9 Å². The van der Waals surface area contributed by atoms with E-state index in [1.807, 2.05) is 20.0 Å². The Morgan fingerprint density at radius 3 is 2.69 bits per heavy atom. The van der Waals surface area contributed by atoms with Crippen molar-refractivity contribution in [3.8, 4) is 0 Å². The summed E-state index contributed by atoms with van der Waals surface area (Å²) in [6.07, 6.45) is 3.99. The van der Waals surface area contributed by atoms with Crippen LogP contribution in [0.15, 0.2) is 6.20 Å². The van der Waals surface area contributed by atoms with Crippen LogP contribution in [-0.2, 0) is 0 Å². The largest absolute Gasteiger partial charge is 0.394 e. The number of aliphatic hydroxyl groups excluding tert-OH is 1. The molecule has 16 heavy (non-hydrogen) atoms. The van der Waals surface area contributed by atoms with Gasteiger partial charge in [0.2, 0.25) is 0 Å². The number of aromatic nitrogens is 2. The normalized spacial score (nSPS) is 19.5. The monoisotopic (exact) mass is 221 g/mol. The zero-order valence-corrected chi connectivity index (χ0v) is 10.1. The van der Waals surface area contributed by atoms with Crippen molar-refractivity contribution in [3.05, 3.63) is 23.3 Å². The summed E-state index contributed by atoms with van der Waals surface area (Å²) in [4.78, 5) is 8.58. The SMILES string of the molecule is Cc1ncc(C(C)NC2(CO)CC2)c(C)n1. The van der Waals surface area contributed by atoms with Gasteiger partial charge in [0.25, 0.3) is 0 Å². The molecular formula is C12H19N3O. The molecule has 0 spiro atoms. The summed E-state index contributed by atoms with van der Waals surface area (Å²) in [5, 5.41) is 12.7. The summed E-state index contributed by atoms with van der Waals surface area (Å²) < 4.78 is 0. The fourth-order valence-corrected chi connectivity index (χ4v) is 2.05. The van der Waals surface area contributed by atoms with Gasteiger partial charge in [-0.3, -0.25) is 0 Å². The van der Waals surface area contributed by atoms with Crippen LogP contribution in [0, 0.1) is 13.8 Å². The summed E-state index contributed by atoms with van der Waals surface area (Å²) in [5.41, 5.74) is 2.09. The van der Waals surface area contributed by atoms with Gasteiger partial charge < -0.3 is 10.4 Å². The lowest BCUT2D eigenvalue weighted by molar-refractivity contribution is 0.220. The Hall–Kier alpha value is -1.00. The highest BCUT2D eigenvalue weighted by molar-refractivity contribution is 5.21. The minimum Gasteiger partial charge on any atom is -0.394 e. The number of rotatable bonds is 4. The number of hydrogen-bond donors (Lipinski definition) is 2. The lowest BCUT2D eigenvalue weighted by Gasteiger charge is -2.22. The Kier molecular flexibility index (Phi) is 2.95. The third-order valence-electron chi connectivity index (χ3n) is 3.28. The Bertz CT molecular complexity index is 388. The second kappa shape index (κ2) is 4.11. The molecule has 0 radical (unpaired) electrons. The topological polar surface area (TPSA) is 58.0 Å². The number of aryl methyl sites for hydroxylation is 2. The molecule has 1 aromatic rings. The molecule has 1 saturated carbocycles. The van der Waals surface area contributed by atoms with Gasteiger partial charge in [0.05, 0.1) is 6.61 Å². The maximum Gasteiger partial charge on any atom is 0.125 e. The quantitative estimate of drug-likeness (QED) is 0.804. The molecule has 2 rings (SSSR count). The Morgan fingerprint density at radius 2 is 2.19 bits per heavy atom. The molecule has 1 heterocycles. The molecule has 1 aliphatic carbocycles. The van der Waals surface area contributed by atoms with Crippen molar-refractivity contribution >= 4 is 0 Å². The molecule has 88 valence electrons. The van der Waals surface area contributed by atoms with Crippen LogP contribution in [0.3, 0.4) is 0 Å². The van der Waals surface area contributed by atoms with E-state index in [-0.39, 0.29) is 18.2 Å². The van der Waals surface area contributed by atoms with Gasteiger partial charge in [0, 0.05) is 29.0 Å². The summed E-state index contributed by atoms with van der Waals surface area (Å²) in [6.45, 7) is 6.20. The standard InChI is InChI=1S/C12H19N3O/c1-8-11(6-13-10(3)14-8)9(2)15-12(7-16)4-5-12/h6,9,15-16H,4-5,7H2,1-3H3. The average molecular weight is 221 g/mol. The fourth-order valence-electron chi connectivity index (χ4n) is 2.05. The molecule has 0 amide bonds. The fraction of sp³-hybridized carbons (Fsp3) is 0.667. The molecule has 0 aromatic carbocycles. The molecule has 1 fully saturated rings. The van der Waals surface area contributed by atoms with Gasteiger partial charge in [-0.15, -0.1) is 0 Å². The number of aliphatic hydroxyl groups is 1. The number of nitrogens with one attached hydrogen (secondary N) is 1. The maximum absolute atomic E-state index is 9.27. The second-order valence-corrected chi connectivity index (χ2v) is 4.76. The van der Waals surface area contributed by atoms with Crippen LogP contribution in [0.1, 0.15) is 42.9 Å². The Balaban J connectivity index is 2.11. The molecule has 1 unspecified atom stereocenters. The van der Waals surface area contributed by atoms with Crippen molar-refractivity contribution < 1.29 is 5.11 Å². The molecule has 4 nitrogen and oxygen atoms in total. The molecule has 0 saturated heterocycles. The van der Waals surface area contributed by atoms with Crippen molar-refractivity contribution in [3.63, 3.8) is 0 Å². The van der Waals surface area contributed by atoms with Crippen LogP contribution < -0.4 is 5.32 Å². The van der Waals surface area contributed by atoms with E-state index in [9.17, 15) is 5.11 Å². The Morgan fingerprint density at radius 1 is 1.50 bits per heavy atom. The molecule has 0 aliphatic heterocycles. The predicted molar refractivity (Wildman–Crippen MR) is 62.1 cm³/mol. The Labute approximate surface area is 96.1 Å². The highest BCUT2D eigenvalue weighted by Crippen LogP contribution is 2.37. The number of nitrogens with zero attached hydrogens (tertiary/aromatic N) is 2. The minimum atomic E-state index is -0.0449. The molecule has 0 bridgehead atoms. The molecular weight excluding hydrogens is 202 g/mol. The molecule has 1 aromatic heterocycles. The van der Waals surface area contributed by atoms with E-state index in [0.29, 0.717) is 0 Å². The van der Waals surface area contributed by atoms with Crippen molar-refractivity contribution in [1.29, 1.82) is 0 Å². The first kappa shape index (κ1) is 11.5. The van der Waals surface area contributed by atoms with Gasteiger partial charge in [0.1, 0.15) is 5.82 Å². The van der Waals surface area contributed by atoms with Crippen molar-refractivity contribution in [2.75, 3.05) is 6.61 Å². The summed E-state index contributed by atoms with van der Waals surface area (Å²) in [5.74, 6) is 0.803. The molecule has 1 atom stereocenters. The van der Waals surface area contributed by atoms with Crippen molar-refractivity contribution in [2.45, 2.75) is 45.2 Å². The van der Waals surface area contributed by atoms with E-state index in [4.69, 9.17) is 0 Å². The van der Waals surface area contributed by atoms with Gasteiger partial charge in [0.15, 0.2) is 0 Å². The first-order chi connectivity index (χ1) is 7.56. The first-order valence-electron chi connectivity index (χ1n) is 5.75.